The maximum atomic E-state index is 12.6. The Hall–Kier alpha value is -2.69. The summed E-state index contributed by atoms with van der Waals surface area (Å²) in [4.78, 5) is 16.6. The van der Waals surface area contributed by atoms with Crippen molar-refractivity contribution in [2.75, 3.05) is 11.9 Å². The van der Waals surface area contributed by atoms with Gasteiger partial charge in [0.05, 0.1) is 21.7 Å². The van der Waals surface area contributed by atoms with Crippen molar-refractivity contribution in [3.05, 3.63) is 64.8 Å². The zero-order valence-electron chi connectivity index (χ0n) is 15.4. The first kappa shape index (κ1) is 22.0. The van der Waals surface area contributed by atoms with Crippen LogP contribution >= 0.6 is 11.6 Å². The van der Waals surface area contributed by atoms with Crippen LogP contribution in [0.2, 0.25) is 5.02 Å². The largest absolute Gasteiger partial charge is 0.402 e. The van der Waals surface area contributed by atoms with E-state index in [0.29, 0.717) is 27.2 Å². The second-order valence-corrected chi connectivity index (χ2v) is 8.58. The Balaban J connectivity index is 1.78. The summed E-state index contributed by atoms with van der Waals surface area (Å²) in [6.07, 6.45) is -4.67. The Kier molecular flexibility index (Phi) is 6.02. The van der Waals surface area contributed by atoms with Gasteiger partial charge >= 0.3 is 6.18 Å². The van der Waals surface area contributed by atoms with Crippen molar-refractivity contribution in [2.45, 2.75) is 18.0 Å². The minimum Gasteiger partial charge on any atom is -0.322 e. The average Bonchev–Trinajstić information content (AvgIpc) is 2.66. The fourth-order valence-corrected chi connectivity index (χ4v) is 3.84. The molecule has 0 saturated carbocycles. The zero-order valence-corrected chi connectivity index (χ0v) is 17.0. The van der Waals surface area contributed by atoms with Crippen LogP contribution in [0.1, 0.15) is 16.1 Å². The number of carbonyl (C=O) groups is 1. The average molecular weight is 458 g/mol. The molecular weight excluding hydrogens is 443 g/mol. The molecule has 11 heteroatoms. The highest BCUT2D eigenvalue weighted by atomic mass is 35.5. The number of aromatic nitrogens is 1. The van der Waals surface area contributed by atoms with Crippen LogP contribution in [0.25, 0.3) is 10.9 Å². The number of hydrogen-bond donors (Lipinski definition) is 2. The minimum absolute atomic E-state index is 0.264. The van der Waals surface area contributed by atoms with Gasteiger partial charge in [-0.3, -0.25) is 9.78 Å². The van der Waals surface area contributed by atoms with E-state index in [9.17, 15) is 26.4 Å². The summed E-state index contributed by atoms with van der Waals surface area (Å²) in [6.45, 7) is -0.00295. The van der Waals surface area contributed by atoms with Gasteiger partial charge in [-0.2, -0.15) is 13.2 Å². The normalized spacial score (nSPS) is 12.2. The lowest BCUT2D eigenvalue weighted by Crippen LogP contribution is -2.33. The molecule has 1 amide bonds. The molecule has 2 N–H and O–H groups in total. The van der Waals surface area contributed by atoms with Crippen molar-refractivity contribution in [1.82, 2.24) is 9.71 Å². The number of fused-ring (bicyclic) bond motifs is 1. The van der Waals surface area contributed by atoms with Gasteiger partial charge in [0.2, 0.25) is 10.0 Å². The summed E-state index contributed by atoms with van der Waals surface area (Å²) in [5, 5.41) is 3.78. The number of hydrogen-bond acceptors (Lipinski definition) is 4. The molecule has 1 heterocycles. The molecule has 0 spiro atoms. The van der Waals surface area contributed by atoms with Crippen molar-refractivity contribution >= 4 is 44.1 Å². The Morgan fingerprint density at radius 3 is 2.40 bits per heavy atom. The SMILES string of the molecule is Cc1nc2ccc(Cl)cc2cc1C(=O)Nc1ccc(S(=O)(=O)NCC(F)(F)F)cc1. The maximum Gasteiger partial charge on any atom is 0.402 e. The molecule has 3 aromatic rings. The highest BCUT2D eigenvalue weighted by Gasteiger charge is 2.30. The number of amides is 1. The Labute approximate surface area is 175 Å². The number of pyridine rings is 1. The number of benzene rings is 2. The third kappa shape index (κ3) is 5.26. The molecule has 0 bridgehead atoms. The summed E-state index contributed by atoms with van der Waals surface area (Å²) in [6, 6.07) is 11.5. The molecule has 0 unspecified atom stereocenters. The number of nitrogens with zero attached hydrogens (tertiary/aromatic N) is 1. The molecule has 6 nitrogen and oxygen atoms in total. The van der Waals surface area contributed by atoms with E-state index in [1.807, 2.05) is 0 Å². The van der Waals surface area contributed by atoms with E-state index in [0.717, 1.165) is 12.1 Å². The van der Waals surface area contributed by atoms with E-state index in [2.05, 4.69) is 10.3 Å². The first-order valence-corrected chi connectivity index (χ1v) is 10.4. The van der Waals surface area contributed by atoms with Crippen molar-refractivity contribution in [2.24, 2.45) is 0 Å². The number of sulfonamides is 1. The van der Waals surface area contributed by atoms with Gasteiger partial charge in [0.1, 0.15) is 6.54 Å². The van der Waals surface area contributed by atoms with Crippen molar-refractivity contribution < 1.29 is 26.4 Å². The lowest BCUT2D eigenvalue weighted by atomic mass is 10.1. The van der Waals surface area contributed by atoms with E-state index >= 15 is 0 Å². The fraction of sp³-hybridized carbons (Fsp3) is 0.158. The van der Waals surface area contributed by atoms with E-state index in [-0.39, 0.29) is 10.6 Å². The molecule has 0 aliphatic carbocycles. The van der Waals surface area contributed by atoms with Gasteiger partial charge in [-0.1, -0.05) is 11.6 Å². The van der Waals surface area contributed by atoms with Gasteiger partial charge in [0, 0.05) is 16.1 Å². The van der Waals surface area contributed by atoms with Gasteiger partial charge in [-0.05, 0) is 55.5 Å². The van der Waals surface area contributed by atoms with E-state index in [4.69, 9.17) is 11.6 Å². The molecule has 3 rings (SSSR count). The van der Waals surface area contributed by atoms with Crippen LogP contribution in [0.4, 0.5) is 18.9 Å². The van der Waals surface area contributed by atoms with Crippen LogP contribution in [0.3, 0.4) is 0 Å². The summed E-state index contributed by atoms with van der Waals surface area (Å²) >= 11 is 5.97. The van der Waals surface area contributed by atoms with Gasteiger partial charge in [-0.25, -0.2) is 13.1 Å². The Morgan fingerprint density at radius 2 is 1.77 bits per heavy atom. The summed E-state index contributed by atoms with van der Waals surface area (Å²) in [5.74, 6) is -0.479. The Morgan fingerprint density at radius 1 is 1.10 bits per heavy atom. The van der Waals surface area contributed by atoms with Crippen molar-refractivity contribution in [3.63, 3.8) is 0 Å². The lowest BCUT2D eigenvalue weighted by Gasteiger charge is -2.11. The minimum atomic E-state index is -4.67. The molecule has 1 aromatic heterocycles. The van der Waals surface area contributed by atoms with Crippen LogP contribution in [-0.2, 0) is 10.0 Å². The van der Waals surface area contributed by atoms with Crippen molar-refractivity contribution in [3.8, 4) is 0 Å². The third-order valence-corrected chi connectivity index (χ3v) is 5.75. The first-order valence-electron chi connectivity index (χ1n) is 8.49. The molecule has 0 radical (unpaired) electrons. The quantitative estimate of drug-likeness (QED) is 0.598. The maximum absolute atomic E-state index is 12.6. The number of alkyl halides is 3. The van der Waals surface area contributed by atoms with Crippen LogP contribution in [0, 0.1) is 6.92 Å². The summed E-state index contributed by atoms with van der Waals surface area (Å²) < 4.78 is 62.0. The zero-order chi connectivity index (χ0) is 22.1. The Bertz CT molecular complexity index is 1210. The molecule has 0 aliphatic heterocycles. The van der Waals surface area contributed by atoms with E-state index < -0.39 is 28.7 Å². The number of halogens is 4. The molecule has 2 aromatic carbocycles. The van der Waals surface area contributed by atoms with Crippen LogP contribution < -0.4 is 10.0 Å². The van der Waals surface area contributed by atoms with E-state index in [1.54, 1.807) is 31.2 Å². The highest BCUT2D eigenvalue weighted by molar-refractivity contribution is 7.89. The van der Waals surface area contributed by atoms with Crippen molar-refractivity contribution in [1.29, 1.82) is 0 Å². The molecule has 158 valence electrons. The molecule has 0 saturated heterocycles. The van der Waals surface area contributed by atoms with Crippen LogP contribution in [-0.4, -0.2) is 32.0 Å². The number of rotatable bonds is 5. The second kappa shape index (κ2) is 8.21. The van der Waals surface area contributed by atoms with Gasteiger partial charge in [0.25, 0.3) is 5.91 Å². The second-order valence-electron chi connectivity index (χ2n) is 6.38. The smallest absolute Gasteiger partial charge is 0.322 e. The number of anilines is 1. The molecule has 0 atom stereocenters. The summed E-state index contributed by atoms with van der Waals surface area (Å²) in [5.41, 5.74) is 1.72. The molecular formula is C19H15ClF3N3O3S. The lowest BCUT2D eigenvalue weighted by molar-refractivity contribution is -0.121. The number of carbonyl (C=O) groups excluding carboxylic acids is 1. The predicted octanol–water partition coefficient (Wildman–Crippen LogP) is 4.29. The fourth-order valence-electron chi connectivity index (χ4n) is 2.65. The summed E-state index contributed by atoms with van der Waals surface area (Å²) in [7, 11) is -4.33. The van der Waals surface area contributed by atoms with E-state index in [1.165, 1.54) is 16.9 Å². The highest BCUT2D eigenvalue weighted by Crippen LogP contribution is 2.22. The first-order chi connectivity index (χ1) is 13.9. The third-order valence-electron chi connectivity index (χ3n) is 4.10. The topological polar surface area (TPSA) is 88.2 Å². The molecule has 0 aliphatic rings. The van der Waals surface area contributed by atoms with Crippen LogP contribution in [0.15, 0.2) is 53.4 Å². The van der Waals surface area contributed by atoms with Gasteiger partial charge < -0.3 is 5.32 Å². The van der Waals surface area contributed by atoms with Gasteiger partial charge in [0.15, 0.2) is 0 Å². The number of aryl methyl sites for hydroxylation is 1. The monoisotopic (exact) mass is 457 g/mol. The van der Waals surface area contributed by atoms with Gasteiger partial charge in [-0.15, -0.1) is 0 Å². The number of nitrogens with one attached hydrogen (secondary N) is 2. The molecule has 0 fully saturated rings. The van der Waals surface area contributed by atoms with Crippen LogP contribution in [0.5, 0.6) is 0 Å². The standard InChI is InChI=1S/C19H15ClF3N3O3S/c1-11-16(9-12-8-13(20)2-7-17(12)25-11)18(27)26-14-3-5-15(6-4-14)30(28,29)24-10-19(21,22)23/h2-9,24H,10H2,1H3,(H,26,27). The predicted molar refractivity (Wildman–Crippen MR) is 107 cm³/mol. The molecule has 30 heavy (non-hydrogen) atoms.